The van der Waals surface area contributed by atoms with E-state index in [1.807, 2.05) is 24.3 Å². The third-order valence-corrected chi connectivity index (χ3v) is 3.06. The molecule has 0 spiro atoms. The molecule has 0 radical (unpaired) electrons. The number of rotatable bonds is 4. The minimum atomic E-state index is -4.19. The van der Waals surface area contributed by atoms with E-state index in [4.69, 9.17) is 9.47 Å². The summed E-state index contributed by atoms with van der Waals surface area (Å²) in [6.45, 7) is -0.0990. The van der Waals surface area contributed by atoms with E-state index in [-0.39, 0.29) is 19.3 Å². The lowest BCUT2D eigenvalue weighted by Gasteiger charge is -2.33. The highest BCUT2D eigenvalue weighted by molar-refractivity contribution is 5.38. The van der Waals surface area contributed by atoms with Crippen molar-refractivity contribution < 1.29 is 22.6 Å². The van der Waals surface area contributed by atoms with Crippen LogP contribution in [0.4, 0.5) is 13.2 Å². The molecule has 0 amide bonds. The van der Waals surface area contributed by atoms with Gasteiger partial charge in [0.25, 0.3) is 0 Å². The van der Waals surface area contributed by atoms with Crippen molar-refractivity contribution >= 4 is 0 Å². The molecule has 2 unspecified atom stereocenters. The van der Waals surface area contributed by atoms with Gasteiger partial charge in [-0.15, -0.1) is 0 Å². The molecule has 6 heteroatoms. The Morgan fingerprint density at radius 3 is 2.79 bits per heavy atom. The maximum Gasteiger partial charge on any atom is 0.391 e. The standard InChI is InChI=1S/C13H16F3NO2/c1-17-12-9-4-2-3-5-10(9)19-8-11(12)18-7-6-13(14,15)16/h2-5,11-12,17H,6-8H2,1H3. The molecule has 2 atom stereocenters. The summed E-state index contributed by atoms with van der Waals surface area (Å²) in [6, 6.07) is 7.29. The van der Waals surface area contributed by atoms with Gasteiger partial charge in [0, 0.05) is 5.56 Å². The molecule has 0 aliphatic carbocycles. The van der Waals surface area contributed by atoms with Crippen molar-refractivity contribution in [2.24, 2.45) is 0 Å². The number of ether oxygens (including phenoxy) is 2. The number of para-hydroxylation sites is 1. The van der Waals surface area contributed by atoms with Crippen LogP contribution in [0.2, 0.25) is 0 Å². The third kappa shape index (κ3) is 3.61. The van der Waals surface area contributed by atoms with Crippen molar-refractivity contribution in [3.05, 3.63) is 29.8 Å². The van der Waals surface area contributed by atoms with Crippen molar-refractivity contribution in [2.75, 3.05) is 20.3 Å². The van der Waals surface area contributed by atoms with Gasteiger partial charge in [0.2, 0.25) is 0 Å². The predicted molar refractivity (Wildman–Crippen MR) is 64.1 cm³/mol. The lowest BCUT2D eigenvalue weighted by molar-refractivity contribution is -0.152. The zero-order valence-electron chi connectivity index (χ0n) is 10.5. The highest BCUT2D eigenvalue weighted by Gasteiger charge is 2.32. The Balaban J connectivity index is 2.00. The van der Waals surface area contributed by atoms with E-state index in [1.165, 1.54) is 0 Å². The fourth-order valence-electron chi connectivity index (χ4n) is 2.15. The van der Waals surface area contributed by atoms with Crippen molar-refractivity contribution in [1.29, 1.82) is 0 Å². The fourth-order valence-corrected chi connectivity index (χ4v) is 2.15. The van der Waals surface area contributed by atoms with Crippen LogP contribution in [0.5, 0.6) is 5.75 Å². The molecule has 0 aromatic heterocycles. The molecule has 1 N–H and O–H groups in total. The average Bonchev–Trinajstić information content (AvgIpc) is 2.37. The first-order valence-corrected chi connectivity index (χ1v) is 6.08. The second-order valence-electron chi connectivity index (χ2n) is 4.39. The van der Waals surface area contributed by atoms with Crippen molar-refractivity contribution in [1.82, 2.24) is 5.32 Å². The molecule has 19 heavy (non-hydrogen) atoms. The number of halogens is 3. The second-order valence-corrected chi connectivity index (χ2v) is 4.39. The summed E-state index contributed by atoms with van der Waals surface area (Å²) in [6.07, 6.45) is -5.55. The Kier molecular flexibility index (Phi) is 4.31. The van der Waals surface area contributed by atoms with Gasteiger partial charge in [-0.25, -0.2) is 0 Å². The zero-order valence-corrected chi connectivity index (χ0v) is 10.5. The van der Waals surface area contributed by atoms with Gasteiger partial charge in [-0.05, 0) is 13.1 Å². The summed E-state index contributed by atoms with van der Waals surface area (Å²) in [4.78, 5) is 0. The summed E-state index contributed by atoms with van der Waals surface area (Å²) in [5.41, 5.74) is 0.910. The molecule has 1 aromatic rings. The number of alkyl halides is 3. The van der Waals surface area contributed by atoms with Crippen LogP contribution in [0.1, 0.15) is 18.0 Å². The van der Waals surface area contributed by atoms with Gasteiger partial charge >= 0.3 is 6.18 Å². The Bertz CT molecular complexity index is 423. The minimum absolute atomic E-state index is 0.154. The van der Waals surface area contributed by atoms with Gasteiger partial charge < -0.3 is 14.8 Å². The Morgan fingerprint density at radius 1 is 1.37 bits per heavy atom. The van der Waals surface area contributed by atoms with Gasteiger partial charge in [-0.1, -0.05) is 18.2 Å². The van der Waals surface area contributed by atoms with E-state index in [1.54, 1.807) is 7.05 Å². The molecular formula is C13H16F3NO2. The number of fused-ring (bicyclic) bond motifs is 1. The summed E-state index contributed by atoms with van der Waals surface area (Å²) < 4.78 is 47.1. The molecule has 106 valence electrons. The maximum atomic E-state index is 12.1. The zero-order chi connectivity index (χ0) is 13.9. The topological polar surface area (TPSA) is 30.5 Å². The van der Waals surface area contributed by atoms with E-state index >= 15 is 0 Å². The van der Waals surface area contributed by atoms with Crippen molar-refractivity contribution in [2.45, 2.75) is 24.7 Å². The smallest absolute Gasteiger partial charge is 0.391 e. The average molecular weight is 275 g/mol. The Morgan fingerprint density at radius 2 is 2.11 bits per heavy atom. The first-order valence-electron chi connectivity index (χ1n) is 6.08. The SMILES string of the molecule is CNC1c2ccccc2OCC1OCCC(F)(F)F. The maximum absolute atomic E-state index is 12.1. The summed E-state index contributed by atoms with van der Waals surface area (Å²) in [5.74, 6) is 0.748. The van der Waals surface area contributed by atoms with Crippen molar-refractivity contribution in [3.8, 4) is 5.75 Å². The van der Waals surface area contributed by atoms with Crippen molar-refractivity contribution in [3.63, 3.8) is 0 Å². The van der Waals surface area contributed by atoms with E-state index in [0.29, 0.717) is 0 Å². The first kappa shape index (κ1) is 14.1. The van der Waals surface area contributed by atoms with Gasteiger partial charge in [0.05, 0.1) is 19.1 Å². The Labute approximate surface area is 109 Å². The molecule has 2 rings (SSSR count). The molecule has 0 fully saturated rings. The Hall–Kier alpha value is -1.27. The number of hydrogen-bond donors (Lipinski definition) is 1. The molecule has 1 aromatic carbocycles. The predicted octanol–water partition coefficient (Wildman–Crippen LogP) is 2.68. The monoisotopic (exact) mass is 275 g/mol. The van der Waals surface area contributed by atoms with E-state index in [2.05, 4.69) is 5.32 Å². The molecular weight excluding hydrogens is 259 g/mol. The molecule has 0 saturated heterocycles. The quantitative estimate of drug-likeness (QED) is 0.916. The van der Waals surface area contributed by atoms with Crippen LogP contribution >= 0.6 is 0 Å². The van der Waals surface area contributed by atoms with E-state index in [9.17, 15) is 13.2 Å². The molecule has 0 saturated carbocycles. The lowest BCUT2D eigenvalue weighted by Crippen LogP contribution is -2.40. The largest absolute Gasteiger partial charge is 0.490 e. The fraction of sp³-hybridized carbons (Fsp3) is 0.538. The normalized spacial score (nSPS) is 22.7. The highest BCUT2D eigenvalue weighted by Crippen LogP contribution is 2.33. The molecule has 1 heterocycles. The van der Waals surface area contributed by atoms with Crippen LogP contribution in [0.3, 0.4) is 0 Å². The van der Waals surface area contributed by atoms with Gasteiger partial charge in [-0.2, -0.15) is 13.2 Å². The first-order chi connectivity index (χ1) is 9.01. The molecule has 3 nitrogen and oxygen atoms in total. The molecule has 1 aliphatic heterocycles. The number of nitrogens with one attached hydrogen (secondary N) is 1. The number of hydrogen-bond acceptors (Lipinski definition) is 3. The van der Waals surface area contributed by atoms with E-state index in [0.717, 1.165) is 11.3 Å². The van der Waals surface area contributed by atoms with Gasteiger partial charge in [-0.3, -0.25) is 0 Å². The van der Waals surface area contributed by atoms with E-state index < -0.39 is 18.7 Å². The van der Waals surface area contributed by atoms with Crippen LogP contribution in [-0.2, 0) is 4.74 Å². The lowest BCUT2D eigenvalue weighted by atomic mass is 9.98. The minimum Gasteiger partial charge on any atom is -0.490 e. The summed E-state index contributed by atoms with van der Waals surface area (Å²) >= 11 is 0. The molecule has 1 aliphatic rings. The summed E-state index contributed by atoms with van der Waals surface area (Å²) in [7, 11) is 1.76. The molecule has 0 bridgehead atoms. The van der Waals surface area contributed by atoms with Crippen LogP contribution < -0.4 is 10.1 Å². The van der Waals surface area contributed by atoms with Gasteiger partial charge in [0.15, 0.2) is 0 Å². The third-order valence-electron chi connectivity index (χ3n) is 3.06. The summed E-state index contributed by atoms with van der Waals surface area (Å²) in [5, 5.41) is 3.07. The van der Waals surface area contributed by atoms with Gasteiger partial charge in [0.1, 0.15) is 18.5 Å². The van der Waals surface area contributed by atoms with Crippen LogP contribution in [-0.4, -0.2) is 32.5 Å². The second kappa shape index (κ2) is 5.79. The number of likely N-dealkylation sites (N-methyl/N-ethyl adjacent to an activating group) is 1. The van der Waals surface area contributed by atoms with Crippen LogP contribution in [0, 0.1) is 0 Å². The van der Waals surface area contributed by atoms with Crippen LogP contribution in [0.25, 0.3) is 0 Å². The number of benzene rings is 1. The van der Waals surface area contributed by atoms with Crippen LogP contribution in [0.15, 0.2) is 24.3 Å². The highest BCUT2D eigenvalue weighted by atomic mass is 19.4.